The van der Waals surface area contributed by atoms with Gasteiger partial charge in [-0.15, -0.1) is 0 Å². The lowest BCUT2D eigenvalue weighted by Crippen LogP contribution is -2.30. The molecule has 2 aromatic carbocycles. The number of fused-ring (bicyclic) bond motifs is 1. The average Bonchev–Trinajstić information content (AvgIpc) is 2.68. The van der Waals surface area contributed by atoms with Gasteiger partial charge in [0.2, 0.25) is 0 Å². The molecule has 4 atom stereocenters. The summed E-state index contributed by atoms with van der Waals surface area (Å²) in [7, 11) is 0. The quantitative estimate of drug-likeness (QED) is 0.491. The molecule has 2 fully saturated rings. The van der Waals surface area contributed by atoms with Gasteiger partial charge in [-0.1, -0.05) is 48.6 Å². The summed E-state index contributed by atoms with van der Waals surface area (Å²) in [6.45, 7) is 4.08. The minimum absolute atomic E-state index is 0.124. The molecule has 4 unspecified atom stereocenters. The van der Waals surface area contributed by atoms with E-state index in [1.807, 2.05) is 19.1 Å². The van der Waals surface area contributed by atoms with Crippen LogP contribution in [0.4, 0.5) is 4.39 Å². The molecule has 2 aliphatic rings. The van der Waals surface area contributed by atoms with Crippen molar-refractivity contribution in [3.05, 3.63) is 71.6 Å². The number of hydrogen-bond donors (Lipinski definition) is 0. The van der Waals surface area contributed by atoms with Crippen LogP contribution in [0.2, 0.25) is 0 Å². The maximum absolute atomic E-state index is 14.3. The van der Waals surface area contributed by atoms with Crippen molar-refractivity contribution in [2.45, 2.75) is 58.3 Å². The predicted octanol–water partition coefficient (Wildman–Crippen LogP) is 7.68. The van der Waals surface area contributed by atoms with Crippen molar-refractivity contribution in [1.82, 2.24) is 0 Å². The van der Waals surface area contributed by atoms with Crippen molar-refractivity contribution in [1.29, 1.82) is 0 Å². The number of aryl methyl sites for hydroxylation is 1. The fraction of sp³-hybridized carbons (Fsp3) is 0.462. The maximum Gasteiger partial charge on any atom is 0.131 e. The molecule has 1 heteroatoms. The summed E-state index contributed by atoms with van der Waals surface area (Å²) in [5.74, 6) is 3.20. The molecule has 27 heavy (non-hydrogen) atoms. The standard InChI is InChI=1S/C26H31F/c1-3-4-19-6-7-24-17-23(13-12-22(24)16-19)20-8-10-21(11-9-20)25-14-5-18(2)15-26(25)27/h3-5,8-11,14-15,19,22-24H,6-7,12-13,16-17H2,1-2H3/b4-3+. The topological polar surface area (TPSA) is 0 Å². The Morgan fingerprint density at radius 2 is 1.63 bits per heavy atom. The van der Waals surface area contributed by atoms with Gasteiger partial charge >= 0.3 is 0 Å². The van der Waals surface area contributed by atoms with E-state index in [0.29, 0.717) is 11.5 Å². The van der Waals surface area contributed by atoms with Gasteiger partial charge in [0.15, 0.2) is 0 Å². The van der Waals surface area contributed by atoms with Crippen molar-refractivity contribution >= 4 is 0 Å². The van der Waals surface area contributed by atoms with Gasteiger partial charge in [0.05, 0.1) is 0 Å². The second-order valence-corrected chi connectivity index (χ2v) is 8.73. The maximum atomic E-state index is 14.3. The van der Waals surface area contributed by atoms with E-state index < -0.39 is 0 Å². The van der Waals surface area contributed by atoms with E-state index in [-0.39, 0.29) is 5.82 Å². The molecular weight excluding hydrogens is 331 g/mol. The van der Waals surface area contributed by atoms with E-state index in [1.54, 1.807) is 6.07 Å². The van der Waals surface area contributed by atoms with Crippen LogP contribution in [0.5, 0.6) is 0 Å². The van der Waals surface area contributed by atoms with Crippen LogP contribution in [0.3, 0.4) is 0 Å². The second kappa shape index (κ2) is 8.00. The molecule has 0 heterocycles. The highest BCUT2D eigenvalue weighted by molar-refractivity contribution is 5.64. The van der Waals surface area contributed by atoms with Crippen molar-refractivity contribution in [2.75, 3.05) is 0 Å². The summed E-state index contributed by atoms with van der Waals surface area (Å²) < 4.78 is 14.3. The van der Waals surface area contributed by atoms with E-state index >= 15 is 0 Å². The van der Waals surface area contributed by atoms with Gasteiger partial charge in [0.25, 0.3) is 0 Å². The van der Waals surface area contributed by atoms with E-state index in [4.69, 9.17) is 0 Å². The molecule has 0 N–H and O–H groups in total. The number of hydrogen-bond acceptors (Lipinski definition) is 0. The minimum Gasteiger partial charge on any atom is -0.206 e. The first-order valence-electron chi connectivity index (χ1n) is 10.6. The monoisotopic (exact) mass is 362 g/mol. The zero-order valence-corrected chi connectivity index (χ0v) is 16.6. The highest BCUT2D eigenvalue weighted by Gasteiger charge is 2.35. The van der Waals surface area contributed by atoms with Gasteiger partial charge < -0.3 is 0 Å². The van der Waals surface area contributed by atoms with Crippen LogP contribution in [0.25, 0.3) is 11.1 Å². The first-order valence-corrected chi connectivity index (χ1v) is 10.6. The summed E-state index contributed by atoms with van der Waals surface area (Å²) >= 11 is 0. The fourth-order valence-corrected chi connectivity index (χ4v) is 5.46. The van der Waals surface area contributed by atoms with Gasteiger partial charge in [0, 0.05) is 5.56 Å². The molecule has 2 saturated carbocycles. The SMILES string of the molecule is C/C=C/C1CCC2CC(c3ccc(-c4ccc(C)cc4F)cc3)CCC2C1. The Morgan fingerprint density at radius 3 is 2.37 bits per heavy atom. The van der Waals surface area contributed by atoms with Crippen LogP contribution in [0, 0.1) is 30.5 Å². The van der Waals surface area contributed by atoms with Crippen molar-refractivity contribution in [3.8, 4) is 11.1 Å². The molecule has 2 aliphatic carbocycles. The summed E-state index contributed by atoms with van der Waals surface area (Å²) in [5, 5.41) is 0. The lowest BCUT2D eigenvalue weighted by Gasteiger charge is -2.41. The number of benzene rings is 2. The number of halogens is 1. The van der Waals surface area contributed by atoms with E-state index in [2.05, 4.69) is 43.3 Å². The number of rotatable bonds is 3. The Morgan fingerprint density at radius 1 is 0.889 bits per heavy atom. The lowest BCUT2D eigenvalue weighted by molar-refractivity contribution is 0.133. The lowest BCUT2D eigenvalue weighted by atomic mass is 9.64. The van der Waals surface area contributed by atoms with Gasteiger partial charge in [-0.05, 0) is 98.8 Å². The molecular formula is C26H31F. The zero-order valence-electron chi connectivity index (χ0n) is 16.6. The van der Waals surface area contributed by atoms with Crippen molar-refractivity contribution in [3.63, 3.8) is 0 Å². The number of allylic oxidation sites excluding steroid dienone is 2. The highest BCUT2D eigenvalue weighted by Crippen LogP contribution is 2.48. The third-order valence-electron chi connectivity index (χ3n) is 6.94. The van der Waals surface area contributed by atoms with Crippen LogP contribution in [0.1, 0.15) is 62.5 Å². The molecule has 0 aromatic heterocycles. The van der Waals surface area contributed by atoms with Gasteiger partial charge in [0.1, 0.15) is 5.82 Å². The molecule has 142 valence electrons. The highest BCUT2D eigenvalue weighted by atomic mass is 19.1. The molecule has 4 rings (SSSR count). The molecule has 2 aromatic rings. The summed E-state index contributed by atoms with van der Waals surface area (Å²) in [6.07, 6.45) is 12.8. The smallest absolute Gasteiger partial charge is 0.131 e. The van der Waals surface area contributed by atoms with Crippen LogP contribution >= 0.6 is 0 Å². The van der Waals surface area contributed by atoms with Gasteiger partial charge in [-0.2, -0.15) is 0 Å². The third kappa shape index (κ3) is 4.03. The molecule has 0 aliphatic heterocycles. The third-order valence-corrected chi connectivity index (χ3v) is 6.94. The van der Waals surface area contributed by atoms with E-state index in [9.17, 15) is 4.39 Å². The van der Waals surface area contributed by atoms with Crippen LogP contribution in [-0.2, 0) is 0 Å². The second-order valence-electron chi connectivity index (χ2n) is 8.73. The van der Waals surface area contributed by atoms with Crippen molar-refractivity contribution in [2.24, 2.45) is 17.8 Å². The zero-order chi connectivity index (χ0) is 18.8. The summed E-state index contributed by atoms with van der Waals surface area (Å²) in [4.78, 5) is 0. The van der Waals surface area contributed by atoms with Gasteiger partial charge in [-0.25, -0.2) is 4.39 Å². The molecule has 0 spiro atoms. The van der Waals surface area contributed by atoms with E-state index in [1.165, 1.54) is 44.1 Å². The Kier molecular flexibility index (Phi) is 5.48. The van der Waals surface area contributed by atoms with Crippen LogP contribution < -0.4 is 0 Å². The minimum atomic E-state index is -0.124. The van der Waals surface area contributed by atoms with Gasteiger partial charge in [-0.3, -0.25) is 0 Å². The van der Waals surface area contributed by atoms with Crippen molar-refractivity contribution < 1.29 is 4.39 Å². The molecule has 0 saturated heterocycles. The normalized spacial score (nSPS) is 28.3. The first-order chi connectivity index (χ1) is 13.1. The fourth-order valence-electron chi connectivity index (χ4n) is 5.46. The molecule has 0 amide bonds. The summed E-state index contributed by atoms with van der Waals surface area (Å²) in [5.41, 5.74) is 4.10. The largest absolute Gasteiger partial charge is 0.206 e. The average molecular weight is 363 g/mol. The Bertz CT molecular complexity index is 801. The molecule has 0 bridgehead atoms. The van der Waals surface area contributed by atoms with Crippen LogP contribution in [-0.4, -0.2) is 0 Å². The summed E-state index contributed by atoms with van der Waals surface area (Å²) in [6, 6.07) is 14.2. The Balaban J connectivity index is 1.44. The van der Waals surface area contributed by atoms with Crippen LogP contribution in [0.15, 0.2) is 54.6 Å². The van der Waals surface area contributed by atoms with E-state index in [0.717, 1.165) is 28.9 Å². The Labute approximate surface area is 163 Å². The molecule has 0 nitrogen and oxygen atoms in total. The first kappa shape index (κ1) is 18.5. The Hall–Kier alpha value is -1.89. The predicted molar refractivity (Wildman–Crippen MR) is 112 cm³/mol. The molecule has 0 radical (unpaired) electrons.